The zero-order chi connectivity index (χ0) is 27.4. The Labute approximate surface area is 241 Å². The molecule has 226 valence electrons. The van der Waals surface area contributed by atoms with Crippen LogP contribution in [0.1, 0.15) is 201 Å². The van der Waals surface area contributed by atoms with Gasteiger partial charge in [-0.3, -0.25) is 0 Å². The first-order chi connectivity index (χ1) is 18.8. The standard InChI is InChI=1S/C36H72N2/c1-4-7-10-12-14-15-16-17-18-19-20-21-22-23-25-27-30-33-38-35-34-37(36(38)31-28-9-6-3)32-29-26-24-13-11-8-5-2/h34-36H,4-33H2,1-3H3. The van der Waals surface area contributed by atoms with Gasteiger partial charge in [-0.1, -0.05) is 175 Å². The van der Waals surface area contributed by atoms with Crippen molar-refractivity contribution < 1.29 is 0 Å². The molecule has 38 heavy (non-hydrogen) atoms. The number of unbranched alkanes of at least 4 members (excludes halogenated alkanes) is 24. The summed E-state index contributed by atoms with van der Waals surface area (Å²) in [5.41, 5.74) is 0. The highest BCUT2D eigenvalue weighted by atomic mass is 15.4. The van der Waals surface area contributed by atoms with Gasteiger partial charge >= 0.3 is 0 Å². The van der Waals surface area contributed by atoms with Gasteiger partial charge in [0.2, 0.25) is 0 Å². The molecule has 2 nitrogen and oxygen atoms in total. The summed E-state index contributed by atoms with van der Waals surface area (Å²) >= 11 is 0. The lowest BCUT2D eigenvalue weighted by Crippen LogP contribution is -2.39. The summed E-state index contributed by atoms with van der Waals surface area (Å²) in [6.07, 6.45) is 45.5. The van der Waals surface area contributed by atoms with Crippen LogP contribution >= 0.6 is 0 Å². The molecule has 0 aromatic heterocycles. The second kappa shape index (κ2) is 27.9. The highest BCUT2D eigenvalue weighted by Crippen LogP contribution is 2.23. The Morgan fingerprint density at radius 1 is 0.342 bits per heavy atom. The molecule has 1 unspecified atom stereocenters. The van der Waals surface area contributed by atoms with Crippen LogP contribution in [-0.4, -0.2) is 29.1 Å². The average Bonchev–Trinajstić information content (AvgIpc) is 3.31. The minimum Gasteiger partial charge on any atom is -0.356 e. The van der Waals surface area contributed by atoms with Gasteiger partial charge < -0.3 is 9.80 Å². The molecule has 0 spiro atoms. The van der Waals surface area contributed by atoms with E-state index in [0.29, 0.717) is 6.17 Å². The van der Waals surface area contributed by atoms with E-state index in [4.69, 9.17) is 0 Å². The fourth-order valence-electron chi connectivity index (χ4n) is 6.19. The second-order valence-electron chi connectivity index (χ2n) is 12.5. The van der Waals surface area contributed by atoms with Gasteiger partial charge in [0.05, 0.1) is 0 Å². The van der Waals surface area contributed by atoms with E-state index >= 15 is 0 Å². The van der Waals surface area contributed by atoms with Crippen molar-refractivity contribution in [3.63, 3.8) is 0 Å². The Hall–Kier alpha value is -0.660. The monoisotopic (exact) mass is 533 g/mol. The first-order valence-corrected chi connectivity index (χ1v) is 18.0. The molecule has 1 heterocycles. The topological polar surface area (TPSA) is 6.48 Å². The van der Waals surface area contributed by atoms with Crippen molar-refractivity contribution in [1.29, 1.82) is 0 Å². The molecule has 0 bridgehead atoms. The molecule has 0 saturated heterocycles. The lowest BCUT2D eigenvalue weighted by atomic mass is 10.0. The summed E-state index contributed by atoms with van der Waals surface area (Å²) < 4.78 is 0. The maximum atomic E-state index is 2.68. The van der Waals surface area contributed by atoms with Crippen molar-refractivity contribution in [2.45, 2.75) is 207 Å². The van der Waals surface area contributed by atoms with Crippen LogP contribution in [0.3, 0.4) is 0 Å². The molecule has 0 aromatic rings. The van der Waals surface area contributed by atoms with Gasteiger partial charge in [-0.05, 0) is 25.7 Å². The van der Waals surface area contributed by atoms with Crippen LogP contribution < -0.4 is 0 Å². The van der Waals surface area contributed by atoms with E-state index in [1.54, 1.807) is 0 Å². The number of rotatable bonds is 30. The normalized spacial score (nSPS) is 15.3. The summed E-state index contributed by atoms with van der Waals surface area (Å²) in [6.45, 7) is 9.47. The third kappa shape index (κ3) is 20.3. The smallest absolute Gasteiger partial charge is 0.101 e. The first-order valence-electron chi connectivity index (χ1n) is 18.0. The maximum absolute atomic E-state index is 2.68. The van der Waals surface area contributed by atoms with E-state index in [9.17, 15) is 0 Å². The van der Waals surface area contributed by atoms with Crippen LogP contribution in [0, 0.1) is 0 Å². The van der Waals surface area contributed by atoms with Crippen molar-refractivity contribution in [1.82, 2.24) is 9.80 Å². The Morgan fingerprint density at radius 3 is 0.921 bits per heavy atom. The van der Waals surface area contributed by atoms with Crippen LogP contribution in [0.2, 0.25) is 0 Å². The maximum Gasteiger partial charge on any atom is 0.101 e. The lowest BCUT2D eigenvalue weighted by molar-refractivity contribution is 0.135. The van der Waals surface area contributed by atoms with Crippen LogP contribution in [-0.2, 0) is 0 Å². The Morgan fingerprint density at radius 2 is 0.605 bits per heavy atom. The molecule has 0 saturated carbocycles. The summed E-state index contributed by atoms with van der Waals surface area (Å²) in [7, 11) is 0. The van der Waals surface area contributed by atoms with Crippen LogP contribution in [0.15, 0.2) is 12.4 Å². The van der Waals surface area contributed by atoms with Gasteiger partial charge in [-0.25, -0.2) is 0 Å². The minimum atomic E-state index is 0.641. The molecular formula is C36H72N2. The van der Waals surface area contributed by atoms with E-state index in [0.717, 1.165) is 0 Å². The van der Waals surface area contributed by atoms with Crippen LogP contribution in [0.4, 0.5) is 0 Å². The molecule has 1 atom stereocenters. The van der Waals surface area contributed by atoms with Crippen LogP contribution in [0.25, 0.3) is 0 Å². The molecular weight excluding hydrogens is 460 g/mol. The fraction of sp³-hybridized carbons (Fsp3) is 0.944. The predicted molar refractivity (Wildman–Crippen MR) is 173 cm³/mol. The summed E-state index contributed by atoms with van der Waals surface area (Å²) in [6, 6.07) is 0. The quantitative estimate of drug-likeness (QED) is 0.0848. The average molecular weight is 533 g/mol. The molecule has 2 heteroatoms. The molecule has 1 rings (SSSR count). The molecule has 1 aliphatic rings. The third-order valence-corrected chi connectivity index (χ3v) is 8.82. The highest BCUT2D eigenvalue weighted by molar-refractivity contribution is 4.97. The molecule has 0 aliphatic carbocycles. The van der Waals surface area contributed by atoms with Gasteiger partial charge in [0.15, 0.2) is 0 Å². The largest absolute Gasteiger partial charge is 0.356 e. The van der Waals surface area contributed by atoms with E-state index in [2.05, 4.69) is 43.0 Å². The highest BCUT2D eigenvalue weighted by Gasteiger charge is 2.24. The molecule has 0 N–H and O–H groups in total. The SMILES string of the molecule is CCCCCCCCCCCCCCCCCCCN1C=CN(CCCCCCCCC)C1CCCCC. The van der Waals surface area contributed by atoms with Gasteiger partial charge in [-0.15, -0.1) is 0 Å². The zero-order valence-electron chi connectivity index (χ0n) is 26.8. The summed E-state index contributed by atoms with van der Waals surface area (Å²) in [5, 5.41) is 0. The third-order valence-electron chi connectivity index (χ3n) is 8.82. The minimum absolute atomic E-state index is 0.641. The Kier molecular flexibility index (Phi) is 26.0. The summed E-state index contributed by atoms with van der Waals surface area (Å²) in [5.74, 6) is 0. The summed E-state index contributed by atoms with van der Waals surface area (Å²) in [4.78, 5) is 5.36. The van der Waals surface area contributed by atoms with E-state index in [1.165, 1.54) is 193 Å². The molecule has 0 radical (unpaired) electrons. The van der Waals surface area contributed by atoms with Gasteiger partial charge in [0, 0.05) is 25.5 Å². The molecule has 0 aromatic carbocycles. The fourth-order valence-corrected chi connectivity index (χ4v) is 6.19. The predicted octanol–water partition coefficient (Wildman–Crippen LogP) is 12.4. The van der Waals surface area contributed by atoms with Crippen molar-refractivity contribution in [3.05, 3.63) is 12.4 Å². The van der Waals surface area contributed by atoms with Crippen molar-refractivity contribution >= 4 is 0 Å². The van der Waals surface area contributed by atoms with Crippen molar-refractivity contribution in [2.75, 3.05) is 13.1 Å². The second-order valence-corrected chi connectivity index (χ2v) is 12.5. The number of nitrogens with zero attached hydrogens (tertiary/aromatic N) is 2. The van der Waals surface area contributed by atoms with Crippen molar-refractivity contribution in [2.24, 2.45) is 0 Å². The van der Waals surface area contributed by atoms with Gasteiger partial charge in [0.25, 0.3) is 0 Å². The molecule has 1 aliphatic heterocycles. The Bertz CT molecular complexity index is 488. The van der Waals surface area contributed by atoms with Crippen LogP contribution in [0.5, 0.6) is 0 Å². The van der Waals surface area contributed by atoms with E-state index < -0.39 is 0 Å². The van der Waals surface area contributed by atoms with Gasteiger partial charge in [-0.2, -0.15) is 0 Å². The first kappa shape index (κ1) is 35.4. The number of hydrogen-bond acceptors (Lipinski definition) is 2. The van der Waals surface area contributed by atoms with E-state index in [-0.39, 0.29) is 0 Å². The van der Waals surface area contributed by atoms with Gasteiger partial charge in [0.1, 0.15) is 6.17 Å². The van der Waals surface area contributed by atoms with E-state index in [1.807, 2.05) is 0 Å². The molecule has 0 amide bonds. The Balaban J connectivity index is 2.01. The molecule has 0 fully saturated rings. The lowest BCUT2D eigenvalue weighted by Gasteiger charge is -2.33. The van der Waals surface area contributed by atoms with Crippen molar-refractivity contribution in [3.8, 4) is 0 Å². The zero-order valence-corrected chi connectivity index (χ0v) is 26.8. The number of hydrogen-bond donors (Lipinski definition) is 0.